The molecule has 0 aliphatic carbocycles. The van der Waals surface area contributed by atoms with E-state index in [-0.39, 0.29) is 6.73 Å². The van der Waals surface area contributed by atoms with Gasteiger partial charge in [0, 0.05) is 25.0 Å². The van der Waals surface area contributed by atoms with Crippen LogP contribution >= 0.6 is 63.1 Å². The van der Waals surface area contributed by atoms with E-state index in [1.807, 2.05) is 18.2 Å². The van der Waals surface area contributed by atoms with Crippen molar-refractivity contribution in [2.24, 2.45) is 5.92 Å². The monoisotopic (exact) mass is 550 g/mol. The van der Waals surface area contributed by atoms with E-state index in [1.54, 1.807) is 4.57 Å². The zero-order valence-electron chi connectivity index (χ0n) is 18.6. The number of rotatable bonds is 8. The third-order valence-corrected chi connectivity index (χ3v) is 8.27. The molecule has 0 radical (unpaired) electrons. The van der Waals surface area contributed by atoms with Gasteiger partial charge in [-0.2, -0.15) is 0 Å². The van der Waals surface area contributed by atoms with Gasteiger partial charge in [0.05, 0.1) is 33.7 Å². The van der Waals surface area contributed by atoms with E-state index in [0.29, 0.717) is 65.3 Å². The second kappa shape index (κ2) is 10.7. The van der Waals surface area contributed by atoms with Crippen molar-refractivity contribution in [2.75, 3.05) is 11.9 Å². The van der Waals surface area contributed by atoms with Crippen LogP contribution in [0.15, 0.2) is 49.1 Å². The van der Waals surface area contributed by atoms with Crippen LogP contribution in [-0.2, 0) is 6.73 Å². The van der Waals surface area contributed by atoms with Crippen LogP contribution in [0.4, 0.5) is 11.5 Å². The van der Waals surface area contributed by atoms with E-state index in [0.717, 1.165) is 23.7 Å². The van der Waals surface area contributed by atoms with Crippen molar-refractivity contribution in [1.82, 2.24) is 14.5 Å². The summed E-state index contributed by atoms with van der Waals surface area (Å²) in [5, 5.41) is 15.2. The first-order valence-electron chi connectivity index (χ1n) is 10.7. The highest BCUT2D eigenvalue weighted by atomic mass is 32.1. The molecule has 0 spiro atoms. The van der Waals surface area contributed by atoms with Crippen LogP contribution < -0.4 is 10.1 Å². The number of thiol groups is 5. The molecule has 0 amide bonds. The Kier molecular flexibility index (Phi) is 8.10. The van der Waals surface area contributed by atoms with Crippen LogP contribution in [0.25, 0.3) is 21.8 Å². The van der Waals surface area contributed by atoms with E-state index < -0.39 is 0 Å². The molecule has 0 saturated carbocycles. The van der Waals surface area contributed by atoms with Gasteiger partial charge in [-0.3, -0.25) is 0 Å². The fourth-order valence-electron chi connectivity index (χ4n) is 4.01. The number of hydrogen-bond acceptors (Lipinski definition) is 10. The van der Waals surface area contributed by atoms with Gasteiger partial charge in [0.15, 0.2) is 0 Å². The maximum atomic E-state index is 9.86. The standard InChI is InChI=1S/C23H26N4O2S5/c1-3-5-11(2)8-29-13-7-4-6-12-14(13)22(25-9-24-12)26-16-18(30)15-17(21(33)20(16)32)27(10-28)23(34)19(15)31/h4,6-7,9,11,28,30-34H,3,5,8,10H2,1-2H3,(H,24,25,26). The van der Waals surface area contributed by atoms with E-state index >= 15 is 0 Å². The summed E-state index contributed by atoms with van der Waals surface area (Å²) < 4.78 is 7.80. The Morgan fingerprint density at radius 2 is 1.79 bits per heavy atom. The molecule has 1 atom stereocenters. The Labute approximate surface area is 225 Å². The molecule has 1 unspecified atom stereocenters. The molecule has 11 heteroatoms. The molecule has 0 fully saturated rings. The fraction of sp³-hybridized carbons (Fsp3) is 0.304. The minimum absolute atomic E-state index is 0.273. The zero-order chi connectivity index (χ0) is 24.6. The SMILES string of the molecule is CCCC(C)COc1cccc2ncnc(Nc3c(S)c(S)c4c(c3S)c(S)c(S)n4CO)c12. The number of aliphatic hydroxyl groups is 1. The van der Waals surface area contributed by atoms with E-state index in [2.05, 4.69) is 54.4 Å². The van der Waals surface area contributed by atoms with Crippen molar-refractivity contribution in [2.45, 2.75) is 58.0 Å². The quantitative estimate of drug-likeness (QED) is 0.127. The van der Waals surface area contributed by atoms with Gasteiger partial charge in [0.1, 0.15) is 24.6 Å². The Balaban J connectivity index is 1.85. The Morgan fingerprint density at radius 3 is 2.50 bits per heavy atom. The predicted octanol–water partition coefficient (Wildman–Crippen LogP) is 6.54. The summed E-state index contributed by atoms with van der Waals surface area (Å²) in [7, 11) is 0. The van der Waals surface area contributed by atoms with Crippen molar-refractivity contribution in [3.63, 3.8) is 0 Å². The van der Waals surface area contributed by atoms with Crippen molar-refractivity contribution in [1.29, 1.82) is 0 Å². The molecule has 180 valence electrons. The second-order valence-electron chi connectivity index (χ2n) is 8.09. The molecular weight excluding hydrogens is 525 g/mol. The highest BCUT2D eigenvalue weighted by Gasteiger charge is 2.23. The zero-order valence-corrected chi connectivity index (χ0v) is 23.1. The Morgan fingerprint density at radius 1 is 1.03 bits per heavy atom. The molecule has 2 N–H and O–H groups in total. The van der Waals surface area contributed by atoms with E-state index in [1.165, 1.54) is 6.33 Å². The Hall–Kier alpha value is -1.37. The molecule has 0 aliphatic heterocycles. The van der Waals surface area contributed by atoms with Crippen molar-refractivity contribution < 1.29 is 9.84 Å². The van der Waals surface area contributed by atoms with Gasteiger partial charge in [-0.25, -0.2) is 9.97 Å². The highest BCUT2D eigenvalue weighted by Crippen LogP contribution is 2.47. The van der Waals surface area contributed by atoms with Crippen molar-refractivity contribution in [3.8, 4) is 5.75 Å². The largest absolute Gasteiger partial charge is 0.492 e. The average Bonchev–Trinajstić information content (AvgIpc) is 3.09. The van der Waals surface area contributed by atoms with E-state index in [4.69, 9.17) is 42.6 Å². The smallest absolute Gasteiger partial charge is 0.145 e. The van der Waals surface area contributed by atoms with Gasteiger partial charge in [-0.05, 0) is 24.5 Å². The minimum Gasteiger partial charge on any atom is -0.492 e. The maximum Gasteiger partial charge on any atom is 0.145 e. The summed E-state index contributed by atoms with van der Waals surface area (Å²) in [6.07, 6.45) is 3.71. The number of nitrogens with one attached hydrogen (secondary N) is 1. The molecule has 0 bridgehead atoms. The summed E-state index contributed by atoms with van der Waals surface area (Å²) in [6, 6.07) is 5.76. The number of hydrogen-bond donors (Lipinski definition) is 7. The predicted molar refractivity (Wildman–Crippen MR) is 153 cm³/mol. The number of anilines is 2. The van der Waals surface area contributed by atoms with Gasteiger partial charge in [-0.1, -0.05) is 26.3 Å². The second-order valence-corrected chi connectivity index (χ2v) is 10.3. The van der Waals surface area contributed by atoms with Crippen LogP contribution in [0.2, 0.25) is 0 Å². The topological polar surface area (TPSA) is 72.2 Å². The summed E-state index contributed by atoms with van der Waals surface area (Å²) in [5.41, 5.74) is 2.02. The number of fused-ring (bicyclic) bond motifs is 2. The van der Waals surface area contributed by atoms with Crippen LogP contribution in [-0.4, -0.2) is 26.2 Å². The third-order valence-electron chi connectivity index (χ3n) is 5.68. The van der Waals surface area contributed by atoms with Gasteiger partial charge in [0.2, 0.25) is 0 Å². The van der Waals surface area contributed by atoms with Gasteiger partial charge in [-0.15, -0.1) is 63.1 Å². The van der Waals surface area contributed by atoms with Gasteiger partial charge < -0.3 is 19.7 Å². The number of benzene rings is 2. The molecule has 4 rings (SSSR count). The lowest BCUT2D eigenvalue weighted by molar-refractivity contribution is 0.205. The summed E-state index contributed by atoms with van der Waals surface area (Å²) in [6.45, 7) is 4.68. The summed E-state index contributed by atoms with van der Waals surface area (Å²) in [5.74, 6) is 1.70. The minimum atomic E-state index is -0.273. The normalized spacial score (nSPS) is 12.5. The van der Waals surface area contributed by atoms with Crippen LogP contribution in [0, 0.1) is 5.92 Å². The molecule has 2 heterocycles. The lowest BCUT2D eigenvalue weighted by atomic mass is 10.1. The molecule has 4 aromatic rings. The number of aliphatic hydroxyl groups excluding tert-OH is 1. The molecule has 2 aromatic carbocycles. The maximum absolute atomic E-state index is 9.86. The molecule has 2 aromatic heterocycles. The van der Waals surface area contributed by atoms with Crippen LogP contribution in [0.1, 0.15) is 26.7 Å². The van der Waals surface area contributed by atoms with Crippen molar-refractivity contribution >= 4 is 96.5 Å². The van der Waals surface area contributed by atoms with Crippen LogP contribution in [0.5, 0.6) is 5.75 Å². The van der Waals surface area contributed by atoms with Gasteiger partial charge in [0.25, 0.3) is 0 Å². The summed E-state index contributed by atoms with van der Waals surface area (Å²) in [4.78, 5) is 11.2. The number of nitrogens with zero attached hydrogens (tertiary/aromatic N) is 3. The molecular formula is C23H26N4O2S5. The highest BCUT2D eigenvalue weighted by molar-refractivity contribution is 7.84. The molecule has 34 heavy (non-hydrogen) atoms. The van der Waals surface area contributed by atoms with Crippen LogP contribution in [0.3, 0.4) is 0 Å². The first-order valence-corrected chi connectivity index (χ1v) is 13.0. The lowest BCUT2D eigenvalue weighted by Gasteiger charge is -2.18. The number of ether oxygens (including phenoxy) is 1. The number of aromatic nitrogens is 3. The molecule has 0 aliphatic rings. The van der Waals surface area contributed by atoms with Crippen molar-refractivity contribution in [3.05, 3.63) is 24.5 Å². The lowest BCUT2D eigenvalue weighted by Crippen LogP contribution is -2.09. The fourth-order valence-corrected chi connectivity index (χ4v) is 5.80. The molecule has 6 nitrogen and oxygen atoms in total. The molecule has 0 saturated heterocycles. The van der Waals surface area contributed by atoms with E-state index in [9.17, 15) is 5.11 Å². The first-order chi connectivity index (χ1) is 16.3. The third kappa shape index (κ3) is 4.58. The van der Waals surface area contributed by atoms with Gasteiger partial charge >= 0.3 is 0 Å². The Bertz CT molecular complexity index is 1370. The first kappa shape index (κ1) is 25.7. The average molecular weight is 551 g/mol. The summed E-state index contributed by atoms with van der Waals surface area (Å²) >= 11 is 23.3.